The molecule has 0 aliphatic heterocycles. The number of ether oxygens (including phenoxy) is 3. The second-order valence-corrected chi connectivity index (χ2v) is 9.80. The number of nitrogens with one attached hydrogen (secondary N) is 2. The fourth-order valence-electron chi connectivity index (χ4n) is 3.22. The minimum atomic E-state index is -1.34. The van der Waals surface area contributed by atoms with E-state index in [1.165, 1.54) is 21.0 Å². The molecular weight excluding hydrogens is 436 g/mol. The zero-order valence-corrected chi connectivity index (χ0v) is 21.0. The van der Waals surface area contributed by atoms with Crippen LogP contribution in [0.5, 0.6) is 17.2 Å². The number of carbonyl (C=O) groups is 2. The highest BCUT2D eigenvalue weighted by molar-refractivity contribution is 5.91. The predicted octanol–water partition coefficient (Wildman–Crippen LogP) is 5.63. The SMILES string of the molecule is COc1ccc(NC(=O)NC(CCC(C)(C)C)c2ccc(OC(C)(C)C(=O)O)cc2)c(OC)c1. The normalized spacial score (nSPS) is 12.4. The van der Waals surface area contributed by atoms with E-state index in [2.05, 4.69) is 31.4 Å². The van der Waals surface area contributed by atoms with Gasteiger partial charge in [-0.05, 0) is 61.9 Å². The van der Waals surface area contributed by atoms with Gasteiger partial charge in [0, 0.05) is 6.07 Å². The first kappa shape index (κ1) is 26.8. The monoisotopic (exact) mass is 472 g/mol. The molecule has 2 aromatic carbocycles. The van der Waals surface area contributed by atoms with Gasteiger partial charge in [0.15, 0.2) is 5.60 Å². The van der Waals surface area contributed by atoms with Crippen LogP contribution in [0, 0.1) is 5.41 Å². The average molecular weight is 473 g/mol. The third-order valence-electron chi connectivity index (χ3n) is 5.32. The summed E-state index contributed by atoms with van der Waals surface area (Å²) in [7, 11) is 3.09. The highest BCUT2D eigenvalue weighted by Crippen LogP contribution is 2.31. The molecule has 0 saturated heterocycles. The van der Waals surface area contributed by atoms with Gasteiger partial charge in [-0.25, -0.2) is 9.59 Å². The Morgan fingerprint density at radius 1 is 0.941 bits per heavy atom. The second-order valence-electron chi connectivity index (χ2n) is 9.80. The molecule has 34 heavy (non-hydrogen) atoms. The minimum absolute atomic E-state index is 0.0875. The molecule has 0 spiro atoms. The maximum absolute atomic E-state index is 12.9. The number of amides is 2. The van der Waals surface area contributed by atoms with E-state index < -0.39 is 11.6 Å². The molecule has 0 aliphatic carbocycles. The van der Waals surface area contributed by atoms with Gasteiger partial charge >= 0.3 is 12.0 Å². The van der Waals surface area contributed by atoms with Crippen LogP contribution in [0.2, 0.25) is 0 Å². The Bertz CT molecular complexity index is 980. The fourth-order valence-corrected chi connectivity index (χ4v) is 3.22. The first-order valence-corrected chi connectivity index (χ1v) is 11.2. The van der Waals surface area contributed by atoms with Gasteiger partial charge in [0.25, 0.3) is 0 Å². The highest BCUT2D eigenvalue weighted by atomic mass is 16.5. The topological polar surface area (TPSA) is 106 Å². The second kappa shape index (κ2) is 11.1. The Kier molecular flexibility index (Phi) is 8.79. The molecule has 0 radical (unpaired) electrons. The molecule has 186 valence electrons. The van der Waals surface area contributed by atoms with E-state index in [0.29, 0.717) is 22.9 Å². The number of urea groups is 1. The van der Waals surface area contributed by atoms with Crippen molar-refractivity contribution in [1.29, 1.82) is 0 Å². The number of aliphatic carboxylic acids is 1. The fraction of sp³-hybridized carbons (Fsp3) is 0.462. The van der Waals surface area contributed by atoms with Crippen molar-refractivity contribution < 1.29 is 28.9 Å². The third kappa shape index (κ3) is 7.86. The van der Waals surface area contributed by atoms with Crippen molar-refractivity contribution in [2.45, 2.75) is 59.1 Å². The number of anilines is 1. The molecule has 8 heteroatoms. The van der Waals surface area contributed by atoms with Gasteiger partial charge in [-0.2, -0.15) is 0 Å². The van der Waals surface area contributed by atoms with Gasteiger partial charge in [-0.1, -0.05) is 32.9 Å². The first-order chi connectivity index (χ1) is 15.8. The quantitative estimate of drug-likeness (QED) is 0.413. The Morgan fingerprint density at radius 2 is 1.56 bits per heavy atom. The standard InChI is InChI=1S/C26H36N2O6/c1-25(2,3)15-14-20(17-8-10-18(11-9-17)34-26(4,5)23(29)30)27-24(31)28-21-13-12-19(32-6)16-22(21)33-7/h8-13,16,20H,14-15H2,1-7H3,(H,29,30)(H2,27,28,31). The summed E-state index contributed by atoms with van der Waals surface area (Å²) in [6, 6.07) is 11.7. The number of carboxylic acids is 1. The maximum atomic E-state index is 12.9. The molecule has 0 heterocycles. The molecule has 1 unspecified atom stereocenters. The van der Waals surface area contributed by atoms with Crippen LogP contribution in [0.3, 0.4) is 0 Å². The largest absolute Gasteiger partial charge is 0.497 e. The zero-order chi connectivity index (χ0) is 25.5. The molecule has 0 aromatic heterocycles. The van der Waals surface area contributed by atoms with E-state index in [4.69, 9.17) is 14.2 Å². The Hall–Kier alpha value is -3.42. The molecule has 0 saturated carbocycles. The van der Waals surface area contributed by atoms with Gasteiger partial charge in [-0.3, -0.25) is 0 Å². The van der Waals surface area contributed by atoms with Crippen LogP contribution < -0.4 is 24.8 Å². The highest BCUT2D eigenvalue weighted by Gasteiger charge is 2.29. The average Bonchev–Trinajstić information content (AvgIpc) is 2.76. The molecule has 0 bridgehead atoms. The van der Waals surface area contributed by atoms with E-state index in [1.54, 1.807) is 37.4 Å². The van der Waals surface area contributed by atoms with Crippen LogP contribution in [0.15, 0.2) is 42.5 Å². The van der Waals surface area contributed by atoms with Crippen LogP contribution in [-0.4, -0.2) is 36.9 Å². The molecule has 2 rings (SSSR count). The van der Waals surface area contributed by atoms with Crippen LogP contribution in [0.4, 0.5) is 10.5 Å². The molecule has 2 amide bonds. The summed E-state index contributed by atoms with van der Waals surface area (Å²) in [4.78, 5) is 24.2. The summed E-state index contributed by atoms with van der Waals surface area (Å²) < 4.78 is 16.2. The molecular formula is C26H36N2O6. The molecule has 3 N–H and O–H groups in total. The summed E-state index contributed by atoms with van der Waals surface area (Å²) in [6.45, 7) is 9.44. The predicted molar refractivity (Wildman–Crippen MR) is 132 cm³/mol. The molecule has 1 atom stereocenters. The number of methoxy groups -OCH3 is 2. The van der Waals surface area contributed by atoms with Crippen LogP contribution in [0.1, 0.15) is 59.1 Å². The van der Waals surface area contributed by atoms with E-state index in [1.807, 2.05) is 12.1 Å². The van der Waals surface area contributed by atoms with Crippen molar-refractivity contribution >= 4 is 17.7 Å². The summed E-state index contributed by atoms with van der Waals surface area (Å²) in [5.74, 6) is 0.507. The zero-order valence-electron chi connectivity index (χ0n) is 21.0. The van der Waals surface area contributed by atoms with Crippen molar-refractivity contribution in [1.82, 2.24) is 5.32 Å². The lowest BCUT2D eigenvalue weighted by molar-refractivity contribution is -0.152. The number of carbonyl (C=O) groups excluding carboxylic acids is 1. The van der Waals surface area contributed by atoms with E-state index in [0.717, 1.165) is 18.4 Å². The lowest BCUT2D eigenvalue weighted by Gasteiger charge is -2.25. The maximum Gasteiger partial charge on any atom is 0.347 e. The van der Waals surface area contributed by atoms with Gasteiger partial charge in [0.2, 0.25) is 0 Å². The Morgan fingerprint density at radius 3 is 2.09 bits per heavy atom. The number of hydrogen-bond donors (Lipinski definition) is 3. The minimum Gasteiger partial charge on any atom is -0.497 e. The first-order valence-electron chi connectivity index (χ1n) is 11.2. The van der Waals surface area contributed by atoms with Crippen LogP contribution in [0.25, 0.3) is 0 Å². The van der Waals surface area contributed by atoms with Crippen LogP contribution >= 0.6 is 0 Å². The molecule has 8 nitrogen and oxygen atoms in total. The molecule has 0 aliphatic rings. The third-order valence-corrected chi connectivity index (χ3v) is 5.32. The van der Waals surface area contributed by atoms with Gasteiger partial charge in [0.1, 0.15) is 17.2 Å². The van der Waals surface area contributed by atoms with Crippen molar-refractivity contribution in [3.8, 4) is 17.2 Å². The van der Waals surface area contributed by atoms with E-state index in [-0.39, 0.29) is 17.5 Å². The van der Waals surface area contributed by atoms with Crippen molar-refractivity contribution in [3.63, 3.8) is 0 Å². The van der Waals surface area contributed by atoms with Gasteiger partial charge < -0.3 is 30.0 Å². The Balaban J connectivity index is 2.19. The van der Waals surface area contributed by atoms with E-state index >= 15 is 0 Å². The summed E-state index contributed by atoms with van der Waals surface area (Å²) in [6.07, 6.45) is 1.60. The smallest absolute Gasteiger partial charge is 0.347 e. The number of rotatable bonds is 10. The van der Waals surface area contributed by atoms with Crippen LogP contribution in [-0.2, 0) is 4.79 Å². The Labute approximate surface area is 201 Å². The molecule has 0 fully saturated rings. The van der Waals surface area contributed by atoms with Gasteiger partial charge in [0.05, 0.1) is 25.9 Å². The summed E-state index contributed by atoms with van der Waals surface area (Å²) in [5.41, 5.74) is 0.156. The lowest BCUT2D eigenvalue weighted by Crippen LogP contribution is -2.37. The summed E-state index contributed by atoms with van der Waals surface area (Å²) in [5, 5.41) is 15.2. The number of carboxylic acid groups (broad SMARTS) is 1. The van der Waals surface area contributed by atoms with E-state index in [9.17, 15) is 14.7 Å². The van der Waals surface area contributed by atoms with Gasteiger partial charge in [-0.15, -0.1) is 0 Å². The van der Waals surface area contributed by atoms with Crippen molar-refractivity contribution in [2.24, 2.45) is 5.41 Å². The number of benzene rings is 2. The van der Waals surface area contributed by atoms with Crippen molar-refractivity contribution in [3.05, 3.63) is 48.0 Å². The van der Waals surface area contributed by atoms with Crippen molar-refractivity contribution in [2.75, 3.05) is 19.5 Å². The number of hydrogen-bond acceptors (Lipinski definition) is 5. The lowest BCUT2D eigenvalue weighted by atomic mass is 9.87. The summed E-state index contributed by atoms with van der Waals surface area (Å²) >= 11 is 0. The molecule has 2 aromatic rings.